The lowest BCUT2D eigenvalue weighted by Gasteiger charge is -2.25. The van der Waals surface area contributed by atoms with Crippen molar-refractivity contribution in [2.24, 2.45) is 0 Å². The maximum Gasteiger partial charge on any atom is 0.335 e. The average Bonchev–Trinajstić information content (AvgIpc) is 3.07. The van der Waals surface area contributed by atoms with E-state index in [1.54, 1.807) is 18.2 Å². The molecule has 1 aliphatic rings. The molecule has 1 aromatic carbocycles. The number of hydrogen-bond acceptors (Lipinski definition) is 3. The van der Waals surface area contributed by atoms with E-state index in [0.717, 1.165) is 31.2 Å². The van der Waals surface area contributed by atoms with E-state index in [1.165, 1.54) is 19.6 Å². The molecule has 3 aromatic rings. The Hall–Kier alpha value is -2.94. The third kappa shape index (κ3) is 2.70. The van der Waals surface area contributed by atoms with Gasteiger partial charge in [0.05, 0.1) is 18.2 Å². The minimum absolute atomic E-state index is 0.220. The Balaban J connectivity index is 2.04. The van der Waals surface area contributed by atoms with Crippen LogP contribution in [0.25, 0.3) is 27.3 Å². The Morgan fingerprint density at radius 2 is 1.96 bits per heavy atom. The lowest BCUT2D eigenvalue weighted by Crippen LogP contribution is -2.14. The third-order valence-electron chi connectivity index (χ3n) is 4.99. The molecule has 1 aliphatic carbocycles. The molecule has 5 nitrogen and oxygen atoms in total. The number of nitrogens with zero attached hydrogens (tertiary/aromatic N) is 4. The molecule has 0 unspecified atom stereocenters. The molecule has 2 heterocycles. The minimum Gasteiger partial charge on any atom is -0.462 e. The van der Waals surface area contributed by atoms with Gasteiger partial charge in [-0.1, -0.05) is 43.0 Å². The number of methoxy groups -OCH3 is 1. The number of fused-ring (bicyclic) bond motifs is 1. The third-order valence-corrected chi connectivity index (χ3v) is 4.99. The summed E-state index contributed by atoms with van der Waals surface area (Å²) < 4.78 is 22.1. The Kier molecular flexibility index (Phi) is 4.29. The topological polar surface area (TPSA) is 44.3 Å². The van der Waals surface area contributed by atoms with Crippen LogP contribution in [0.1, 0.15) is 38.1 Å². The lowest BCUT2D eigenvalue weighted by atomic mass is 9.95. The smallest absolute Gasteiger partial charge is 0.335 e. The molecule has 0 N–H and O–H groups in total. The molecule has 0 amide bonds. The second kappa shape index (κ2) is 6.75. The highest BCUT2D eigenvalue weighted by Crippen LogP contribution is 2.39. The summed E-state index contributed by atoms with van der Waals surface area (Å²) in [5, 5.41) is 0. The zero-order chi connectivity index (χ0) is 18.1. The van der Waals surface area contributed by atoms with E-state index in [1.807, 2.05) is 6.07 Å². The molecular formula is C20H19FN4O. The minimum atomic E-state index is -0.308. The van der Waals surface area contributed by atoms with Gasteiger partial charge in [0.15, 0.2) is 5.52 Å². The summed E-state index contributed by atoms with van der Waals surface area (Å²) in [7, 11) is 1.54. The van der Waals surface area contributed by atoms with Gasteiger partial charge in [-0.2, -0.15) is 0 Å². The van der Waals surface area contributed by atoms with Crippen molar-refractivity contribution in [2.75, 3.05) is 7.11 Å². The first-order chi connectivity index (χ1) is 12.7. The first-order valence-electron chi connectivity index (χ1n) is 8.82. The predicted octanol–water partition coefficient (Wildman–Crippen LogP) is 5.30. The summed E-state index contributed by atoms with van der Waals surface area (Å²) in [5.74, 6) is 0.862. The molecule has 0 saturated heterocycles. The van der Waals surface area contributed by atoms with Crippen LogP contribution in [-0.4, -0.2) is 21.6 Å². The Bertz CT molecular complexity index is 999. The van der Waals surface area contributed by atoms with E-state index < -0.39 is 0 Å². The molecule has 0 spiro atoms. The maximum atomic E-state index is 14.5. The van der Waals surface area contributed by atoms with Crippen molar-refractivity contribution >= 4 is 16.9 Å². The molecule has 26 heavy (non-hydrogen) atoms. The van der Waals surface area contributed by atoms with Gasteiger partial charge in [-0.25, -0.2) is 9.37 Å². The van der Waals surface area contributed by atoms with Crippen molar-refractivity contribution in [1.29, 1.82) is 0 Å². The van der Waals surface area contributed by atoms with Gasteiger partial charge in [0.25, 0.3) is 5.82 Å². The van der Waals surface area contributed by atoms with Crippen LogP contribution in [-0.2, 0) is 0 Å². The van der Waals surface area contributed by atoms with Crippen LogP contribution < -0.4 is 4.74 Å². The average molecular weight is 350 g/mol. The van der Waals surface area contributed by atoms with Crippen LogP contribution in [0.2, 0.25) is 0 Å². The number of hydrogen-bond donors (Lipinski definition) is 0. The molecular weight excluding hydrogens is 331 g/mol. The first-order valence-corrected chi connectivity index (χ1v) is 8.82. The molecule has 2 aromatic heterocycles. The van der Waals surface area contributed by atoms with Crippen molar-refractivity contribution in [3.05, 3.63) is 47.6 Å². The Morgan fingerprint density at radius 3 is 2.65 bits per heavy atom. The van der Waals surface area contributed by atoms with E-state index in [4.69, 9.17) is 16.3 Å². The summed E-state index contributed by atoms with van der Waals surface area (Å²) in [4.78, 5) is 12.4. The second-order valence-electron chi connectivity index (χ2n) is 6.55. The number of halogens is 1. The van der Waals surface area contributed by atoms with Gasteiger partial charge in [-0.15, -0.1) is 0 Å². The van der Waals surface area contributed by atoms with Gasteiger partial charge in [0.2, 0.25) is 0 Å². The highest BCUT2D eigenvalue weighted by Gasteiger charge is 2.27. The number of pyridine rings is 1. The zero-order valence-electron chi connectivity index (χ0n) is 14.6. The molecule has 1 fully saturated rings. The number of aromatic nitrogens is 3. The van der Waals surface area contributed by atoms with Gasteiger partial charge in [-0.3, -0.25) is 0 Å². The van der Waals surface area contributed by atoms with Crippen LogP contribution in [0.3, 0.4) is 0 Å². The fourth-order valence-corrected chi connectivity index (χ4v) is 3.80. The number of rotatable bonds is 3. The molecule has 4 rings (SSSR count). The molecule has 6 heteroatoms. The normalized spacial score (nSPS) is 15.1. The fraction of sp³-hybridized carbons (Fsp3) is 0.350. The SMILES string of the molecule is [C-]#[N+]c1cc2nc(-c3ccccc3F)n(C3CCCCC3)c2c(OC)n1. The zero-order valence-corrected chi connectivity index (χ0v) is 14.6. The van der Waals surface area contributed by atoms with E-state index in [9.17, 15) is 4.39 Å². The molecule has 1 saturated carbocycles. The van der Waals surface area contributed by atoms with Gasteiger partial charge in [0, 0.05) is 6.04 Å². The first kappa shape index (κ1) is 16.5. The van der Waals surface area contributed by atoms with E-state index in [0.29, 0.717) is 22.8 Å². The molecule has 0 aliphatic heterocycles. The van der Waals surface area contributed by atoms with Gasteiger partial charge in [0.1, 0.15) is 11.6 Å². The van der Waals surface area contributed by atoms with E-state index in [-0.39, 0.29) is 17.7 Å². The van der Waals surface area contributed by atoms with Crippen molar-refractivity contribution in [3.8, 4) is 17.3 Å². The van der Waals surface area contributed by atoms with Crippen LogP contribution in [0.15, 0.2) is 30.3 Å². The lowest BCUT2D eigenvalue weighted by molar-refractivity contribution is 0.355. The van der Waals surface area contributed by atoms with E-state index in [2.05, 4.69) is 14.4 Å². The fourth-order valence-electron chi connectivity index (χ4n) is 3.80. The molecule has 0 bridgehead atoms. The van der Waals surface area contributed by atoms with Gasteiger partial charge in [-0.05, 0) is 31.0 Å². The highest BCUT2D eigenvalue weighted by molar-refractivity contribution is 5.87. The summed E-state index contributed by atoms with van der Waals surface area (Å²) in [6.45, 7) is 7.26. The number of benzene rings is 1. The van der Waals surface area contributed by atoms with Crippen LogP contribution >= 0.6 is 0 Å². The van der Waals surface area contributed by atoms with E-state index >= 15 is 0 Å². The summed E-state index contributed by atoms with van der Waals surface area (Å²) in [6.07, 6.45) is 5.52. The summed E-state index contributed by atoms with van der Waals surface area (Å²) in [5.41, 5.74) is 1.82. The van der Waals surface area contributed by atoms with Crippen LogP contribution in [0.5, 0.6) is 5.88 Å². The Morgan fingerprint density at radius 1 is 1.19 bits per heavy atom. The predicted molar refractivity (Wildman–Crippen MR) is 97.9 cm³/mol. The maximum absolute atomic E-state index is 14.5. The van der Waals surface area contributed by atoms with Gasteiger partial charge < -0.3 is 14.1 Å². The molecule has 0 atom stereocenters. The quantitative estimate of drug-likeness (QED) is 0.602. The number of imidazole rings is 1. The molecule has 132 valence electrons. The number of ether oxygens (including phenoxy) is 1. The van der Waals surface area contributed by atoms with Crippen molar-refractivity contribution in [3.63, 3.8) is 0 Å². The van der Waals surface area contributed by atoms with Crippen molar-refractivity contribution < 1.29 is 9.13 Å². The van der Waals surface area contributed by atoms with Gasteiger partial charge >= 0.3 is 5.88 Å². The Labute approximate surface area is 151 Å². The van der Waals surface area contributed by atoms with Crippen LogP contribution in [0.4, 0.5) is 10.2 Å². The highest BCUT2D eigenvalue weighted by atomic mass is 19.1. The van der Waals surface area contributed by atoms with Crippen molar-refractivity contribution in [2.45, 2.75) is 38.1 Å². The largest absolute Gasteiger partial charge is 0.462 e. The standard InChI is InChI=1S/C20H19FN4O/c1-22-17-12-16-18(20(24-17)26-2)25(13-8-4-3-5-9-13)19(23-16)14-10-6-7-11-15(14)21/h6-7,10-13H,3-5,8-9H2,2H3. The van der Waals surface area contributed by atoms with Crippen molar-refractivity contribution in [1.82, 2.24) is 14.5 Å². The summed E-state index contributed by atoms with van der Waals surface area (Å²) >= 11 is 0. The second-order valence-corrected chi connectivity index (χ2v) is 6.55. The van der Waals surface area contributed by atoms with Crippen LogP contribution in [0, 0.1) is 12.4 Å². The monoisotopic (exact) mass is 350 g/mol. The molecule has 0 radical (unpaired) electrons. The summed E-state index contributed by atoms with van der Waals surface area (Å²) in [6, 6.07) is 8.53.